The van der Waals surface area contributed by atoms with Crippen LogP contribution >= 0.6 is 11.8 Å². The van der Waals surface area contributed by atoms with Crippen LogP contribution in [0.4, 0.5) is 0 Å². The third-order valence-corrected chi connectivity index (χ3v) is 5.34. The van der Waals surface area contributed by atoms with Crippen LogP contribution in [-0.4, -0.2) is 34.9 Å². The van der Waals surface area contributed by atoms with Crippen LogP contribution in [0.25, 0.3) is 0 Å². The number of nitrogens with one attached hydrogen (secondary N) is 1. The molecule has 1 unspecified atom stereocenters. The fourth-order valence-electron chi connectivity index (χ4n) is 2.76. The first kappa shape index (κ1) is 13.0. The standard InChI is InChI=1S/C15H20N2OS/c1-2-14-10-17(5-6-19-14)15(18)11-3-4-12-8-16-9-13(12)7-11/h3-4,7,14,16H,2,5-6,8-10H2,1H3. The van der Waals surface area contributed by atoms with Crippen molar-refractivity contribution in [2.24, 2.45) is 0 Å². The summed E-state index contributed by atoms with van der Waals surface area (Å²) in [6.45, 7) is 5.81. The predicted octanol–water partition coefficient (Wildman–Crippen LogP) is 2.26. The molecule has 1 saturated heterocycles. The van der Waals surface area contributed by atoms with Crippen molar-refractivity contribution in [3.8, 4) is 0 Å². The summed E-state index contributed by atoms with van der Waals surface area (Å²) in [6.07, 6.45) is 1.14. The maximum Gasteiger partial charge on any atom is 0.253 e. The number of amides is 1. The van der Waals surface area contributed by atoms with Crippen LogP contribution in [0.2, 0.25) is 0 Å². The van der Waals surface area contributed by atoms with Gasteiger partial charge in [0.2, 0.25) is 0 Å². The molecule has 0 aromatic heterocycles. The van der Waals surface area contributed by atoms with Gasteiger partial charge in [0.05, 0.1) is 0 Å². The molecule has 0 spiro atoms. The van der Waals surface area contributed by atoms with Gasteiger partial charge in [0.1, 0.15) is 0 Å². The molecule has 4 heteroatoms. The Morgan fingerprint density at radius 3 is 3.11 bits per heavy atom. The Morgan fingerprint density at radius 2 is 2.26 bits per heavy atom. The summed E-state index contributed by atoms with van der Waals surface area (Å²) in [5.41, 5.74) is 3.46. The SMILES string of the molecule is CCC1CN(C(=O)c2ccc3c(c2)CNC3)CCS1. The van der Waals surface area contributed by atoms with Crippen molar-refractivity contribution in [2.45, 2.75) is 31.7 Å². The van der Waals surface area contributed by atoms with Crippen LogP contribution in [0.15, 0.2) is 18.2 Å². The number of hydrogen-bond donors (Lipinski definition) is 1. The third kappa shape index (κ3) is 2.65. The van der Waals surface area contributed by atoms with Crippen LogP contribution in [-0.2, 0) is 13.1 Å². The van der Waals surface area contributed by atoms with E-state index in [0.29, 0.717) is 5.25 Å². The molecule has 2 aliphatic rings. The topological polar surface area (TPSA) is 32.3 Å². The van der Waals surface area contributed by atoms with Crippen molar-refractivity contribution in [3.63, 3.8) is 0 Å². The van der Waals surface area contributed by atoms with Gasteiger partial charge in [0, 0.05) is 42.7 Å². The number of hydrogen-bond acceptors (Lipinski definition) is 3. The Bertz CT molecular complexity index is 489. The molecule has 2 aliphatic heterocycles. The zero-order chi connectivity index (χ0) is 13.2. The lowest BCUT2D eigenvalue weighted by molar-refractivity contribution is 0.0761. The van der Waals surface area contributed by atoms with Gasteiger partial charge in [-0.15, -0.1) is 0 Å². The Hall–Kier alpha value is -1.00. The average molecular weight is 276 g/mol. The molecule has 0 radical (unpaired) electrons. The van der Waals surface area contributed by atoms with E-state index in [1.807, 2.05) is 22.7 Å². The summed E-state index contributed by atoms with van der Waals surface area (Å²) in [5.74, 6) is 1.27. The number of benzene rings is 1. The first-order chi connectivity index (χ1) is 9.28. The van der Waals surface area contributed by atoms with Crippen LogP contribution in [0.5, 0.6) is 0 Å². The molecule has 19 heavy (non-hydrogen) atoms. The van der Waals surface area contributed by atoms with Crippen molar-refractivity contribution in [3.05, 3.63) is 34.9 Å². The van der Waals surface area contributed by atoms with Crippen LogP contribution in [0, 0.1) is 0 Å². The number of rotatable bonds is 2. The second kappa shape index (κ2) is 5.55. The molecule has 3 rings (SSSR count). The molecular formula is C15H20N2OS. The summed E-state index contributed by atoms with van der Waals surface area (Å²) in [5, 5.41) is 3.93. The van der Waals surface area contributed by atoms with Crippen molar-refractivity contribution in [1.29, 1.82) is 0 Å². The summed E-state index contributed by atoms with van der Waals surface area (Å²) in [7, 11) is 0. The highest BCUT2D eigenvalue weighted by Gasteiger charge is 2.24. The van der Waals surface area contributed by atoms with Gasteiger partial charge in [-0.25, -0.2) is 0 Å². The third-order valence-electron chi connectivity index (χ3n) is 3.97. The Kier molecular flexibility index (Phi) is 3.80. The van der Waals surface area contributed by atoms with Gasteiger partial charge in [-0.2, -0.15) is 11.8 Å². The van der Waals surface area contributed by atoms with Gasteiger partial charge in [-0.05, 0) is 29.7 Å². The van der Waals surface area contributed by atoms with Gasteiger partial charge < -0.3 is 10.2 Å². The molecule has 2 heterocycles. The maximum atomic E-state index is 12.6. The number of nitrogens with zero attached hydrogens (tertiary/aromatic N) is 1. The quantitative estimate of drug-likeness (QED) is 0.899. The monoisotopic (exact) mass is 276 g/mol. The minimum absolute atomic E-state index is 0.202. The highest BCUT2D eigenvalue weighted by Crippen LogP contribution is 2.23. The lowest BCUT2D eigenvalue weighted by Crippen LogP contribution is -2.41. The molecule has 1 aromatic rings. The molecule has 1 atom stereocenters. The van der Waals surface area contributed by atoms with E-state index in [-0.39, 0.29) is 5.91 Å². The minimum atomic E-state index is 0.202. The van der Waals surface area contributed by atoms with Gasteiger partial charge in [0.15, 0.2) is 0 Å². The van der Waals surface area contributed by atoms with Crippen molar-refractivity contribution in [1.82, 2.24) is 10.2 Å². The smallest absolute Gasteiger partial charge is 0.253 e. The lowest BCUT2D eigenvalue weighted by Gasteiger charge is -2.32. The van der Waals surface area contributed by atoms with Crippen molar-refractivity contribution < 1.29 is 4.79 Å². The molecule has 102 valence electrons. The van der Waals surface area contributed by atoms with Crippen LogP contribution in [0.3, 0.4) is 0 Å². The molecule has 1 N–H and O–H groups in total. The van der Waals surface area contributed by atoms with Crippen LogP contribution in [0.1, 0.15) is 34.8 Å². The maximum absolute atomic E-state index is 12.6. The lowest BCUT2D eigenvalue weighted by atomic mass is 10.1. The second-order valence-electron chi connectivity index (χ2n) is 5.24. The Labute approximate surface area is 118 Å². The van der Waals surface area contributed by atoms with E-state index >= 15 is 0 Å². The first-order valence-electron chi connectivity index (χ1n) is 7.01. The zero-order valence-corrected chi connectivity index (χ0v) is 12.1. The number of carbonyl (C=O) groups is 1. The average Bonchev–Trinajstić information content (AvgIpc) is 2.94. The van der Waals surface area contributed by atoms with E-state index < -0.39 is 0 Å². The fourth-order valence-corrected chi connectivity index (χ4v) is 3.94. The van der Waals surface area contributed by atoms with Gasteiger partial charge in [0.25, 0.3) is 5.91 Å². The van der Waals surface area contributed by atoms with E-state index in [9.17, 15) is 4.79 Å². The van der Waals surface area contributed by atoms with E-state index in [0.717, 1.165) is 43.9 Å². The van der Waals surface area contributed by atoms with Crippen molar-refractivity contribution >= 4 is 17.7 Å². The highest BCUT2D eigenvalue weighted by molar-refractivity contribution is 8.00. The minimum Gasteiger partial charge on any atom is -0.337 e. The molecular weight excluding hydrogens is 256 g/mol. The number of carbonyl (C=O) groups excluding carboxylic acids is 1. The zero-order valence-electron chi connectivity index (χ0n) is 11.3. The first-order valence-corrected chi connectivity index (χ1v) is 8.06. The summed E-state index contributed by atoms with van der Waals surface area (Å²) in [6, 6.07) is 6.15. The molecule has 1 amide bonds. The Balaban J connectivity index is 1.76. The van der Waals surface area contributed by atoms with E-state index in [1.54, 1.807) is 0 Å². The molecule has 1 aromatic carbocycles. The van der Waals surface area contributed by atoms with Gasteiger partial charge in [-0.3, -0.25) is 4.79 Å². The van der Waals surface area contributed by atoms with Crippen molar-refractivity contribution in [2.75, 3.05) is 18.8 Å². The molecule has 3 nitrogen and oxygen atoms in total. The molecule has 0 saturated carbocycles. The normalized spacial score (nSPS) is 22.4. The van der Waals surface area contributed by atoms with Crippen LogP contribution < -0.4 is 5.32 Å². The summed E-state index contributed by atoms with van der Waals surface area (Å²) in [4.78, 5) is 14.6. The van der Waals surface area contributed by atoms with E-state index in [2.05, 4.69) is 24.4 Å². The molecule has 1 fully saturated rings. The van der Waals surface area contributed by atoms with E-state index in [1.165, 1.54) is 11.1 Å². The van der Waals surface area contributed by atoms with Gasteiger partial charge >= 0.3 is 0 Å². The molecule has 0 aliphatic carbocycles. The van der Waals surface area contributed by atoms with Gasteiger partial charge in [-0.1, -0.05) is 13.0 Å². The predicted molar refractivity (Wildman–Crippen MR) is 79.4 cm³/mol. The second-order valence-corrected chi connectivity index (χ2v) is 6.65. The highest BCUT2D eigenvalue weighted by atomic mass is 32.2. The summed E-state index contributed by atoms with van der Waals surface area (Å²) < 4.78 is 0. The largest absolute Gasteiger partial charge is 0.337 e. The Morgan fingerprint density at radius 1 is 1.42 bits per heavy atom. The number of thioether (sulfide) groups is 1. The van der Waals surface area contributed by atoms with E-state index in [4.69, 9.17) is 0 Å². The molecule has 0 bridgehead atoms. The fraction of sp³-hybridized carbons (Fsp3) is 0.533. The summed E-state index contributed by atoms with van der Waals surface area (Å²) >= 11 is 2.00. The number of fused-ring (bicyclic) bond motifs is 1.